The zero-order chi connectivity index (χ0) is 24.5. The summed E-state index contributed by atoms with van der Waals surface area (Å²) in [5.41, 5.74) is 1.12. The molecule has 0 radical (unpaired) electrons. The summed E-state index contributed by atoms with van der Waals surface area (Å²) in [6.45, 7) is 5.19. The summed E-state index contributed by atoms with van der Waals surface area (Å²) >= 11 is 6.10. The predicted octanol–water partition coefficient (Wildman–Crippen LogP) is 5.94. The van der Waals surface area contributed by atoms with Crippen molar-refractivity contribution in [2.75, 3.05) is 20.3 Å². The Bertz CT molecular complexity index is 1140. The first-order valence-electron chi connectivity index (χ1n) is 12.0. The van der Waals surface area contributed by atoms with E-state index >= 15 is 0 Å². The largest absolute Gasteiger partial charge is 0.385 e. The van der Waals surface area contributed by atoms with Gasteiger partial charge >= 0.3 is 0 Å². The molecule has 7 heteroatoms. The number of hydrogen-bond donors (Lipinski definition) is 0. The Morgan fingerprint density at radius 2 is 1.82 bits per heavy atom. The predicted molar refractivity (Wildman–Crippen MR) is 138 cm³/mol. The Balaban J connectivity index is 2.06. The van der Waals surface area contributed by atoms with Crippen molar-refractivity contribution in [3.63, 3.8) is 0 Å². The van der Waals surface area contributed by atoms with Gasteiger partial charge in [-0.1, -0.05) is 49.9 Å². The highest BCUT2D eigenvalue weighted by Gasteiger charge is 2.26. The maximum absolute atomic E-state index is 13.6. The fourth-order valence-electron chi connectivity index (χ4n) is 4.17. The van der Waals surface area contributed by atoms with E-state index in [1.165, 1.54) is 0 Å². The maximum Gasteiger partial charge on any atom is 0.266 e. The summed E-state index contributed by atoms with van der Waals surface area (Å²) in [6.07, 6.45) is 5.32. The molecule has 0 aliphatic heterocycles. The smallest absolute Gasteiger partial charge is 0.266 e. The average molecular weight is 484 g/mol. The molecule has 0 saturated carbocycles. The van der Waals surface area contributed by atoms with E-state index in [2.05, 4.69) is 6.92 Å². The fraction of sp³-hybridized carbons (Fsp3) is 0.444. The number of methoxy groups -OCH3 is 1. The fourth-order valence-corrected chi connectivity index (χ4v) is 4.30. The second kappa shape index (κ2) is 12.7. The average Bonchev–Trinajstić information content (AvgIpc) is 2.85. The van der Waals surface area contributed by atoms with Crippen molar-refractivity contribution in [1.29, 1.82) is 0 Å². The van der Waals surface area contributed by atoms with Crippen LogP contribution < -0.4 is 5.56 Å². The highest BCUT2D eigenvalue weighted by Crippen LogP contribution is 2.25. The molecule has 0 aliphatic carbocycles. The molecule has 0 N–H and O–H groups in total. The van der Waals surface area contributed by atoms with Gasteiger partial charge in [0.05, 0.1) is 22.6 Å². The van der Waals surface area contributed by atoms with Gasteiger partial charge in [-0.2, -0.15) is 0 Å². The van der Waals surface area contributed by atoms with Gasteiger partial charge in [-0.25, -0.2) is 4.98 Å². The van der Waals surface area contributed by atoms with E-state index in [1.807, 2.05) is 30.0 Å². The van der Waals surface area contributed by atoms with Gasteiger partial charge in [0.25, 0.3) is 5.56 Å². The van der Waals surface area contributed by atoms with Gasteiger partial charge in [-0.15, -0.1) is 0 Å². The highest BCUT2D eigenvalue weighted by atomic mass is 35.5. The minimum Gasteiger partial charge on any atom is -0.385 e. The third-order valence-electron chi connectivity index (χ3n) is 6.04. The van der Waals surface area contributed by atoms with Crippen LogP contribution in [0.5, 0.6) is 0 Å². The van der Waals surface area contributed by atoms with Crippen molar-refractivity contribution in [2.24, 2.45) is 0 Å². The number of carbonyl (C=O) groups excluding carboxylic acids is 1. The summed E-state index contributed by atoms with van der Waals surface area (Å²) in [5.74, 6) is 0.607. The minimum atomic E-state index is -0.400. The van der Waals surface area contributed by atoms with Crippen LogP contribution in [0, 0.1) is 0 Å². The van der Waals surface area contributed by atoms with Crippen LogP contribution in [0.1, 0.15) is 64.2 Å². The molecule has 3 aromatic rings. The number of rotatable bonds is 12. The molecule has 1 amide bonds. The monoisotopic (exact) mass is 483 g/mol. The molecule has 0 spiro atoms. The number of halogens is 1. The topological polar surface area (TPSA) is 64.4 Å². The molecular formula is C27H34ClN3O3. The number of hydrogen-bond acceptors (Lipinski definition) is 4. The number of amides is 1. The summed E-state index contributed by atoms with van der Waals surface area (Å²) in [7, 11) is 1.66. The zero-order valence-electron chi connectivity index (χ0n) is 20.3. The molecule has 0 aliphatic rings. The van der Waals surface area contributed by atoms with E-state index in [9.17, 15) is 9.59 Å². The number of para-hydroxylation sites is 1. The quantitative estimate of drug-likeness (QED) is 0.299. The summed E-state index contributed by atoms with van der Waals surface area (Å²) in [5, 5.41) is 1.12. The number of fused-ring (bicyclic) bond motifs is 1. The lowest BCUT2D eigenvalue weighted by Crippen LogP contribution is -2.38. The van der Waals surface area contributed by atoms with Crippen LogP contribution in [-0.4, -0.2) is 40.6 Å². The summed E-state index contributed by atoms with van der Waals surface area (Å²) < 4.78 is 6.84. The number of unbranched alkanes of at least 4 members (excludes halogenated alkanes) is 3. The molecule has 3 rings (SSSR count). The maximum atomic E-state index is 13.6. The number of benzene rings is 2. The number of aromatic nitrogens is 2. The van der Waals surface area contributed by atoms with E-state index < -0.39 is 6.04 Å². The Hall–Kier alpha value is -2.70. The van der Waals surface area contributed by atoms with Crippen LogP contribution in [0.2, 0.25) is 5.02 Å². The van der Waals surface area contributed by atoms with Crippen LogP contribution in [0.15, 0.2) is 53.3 Å². The van der Waals surface area contributed by atoms with Crippen LogP contribution in [0.3, 0.4) is 0 Å². The molecular weight excluding hydrogens is 450 g/mol. The van der Waals surface area contributed by atoms with Crippen LogP contribution in [-0.2, 0) is 9.53 Å². The SMILES string of the molecule is CCCCCCC(=O)N(CCCOC)C(C)c1nc2ccccc2c(=O)n1-c1ccc(Cl)cc1. The summed E-state index contributed by atoms with van der Waals surface area (Å²) in [6, 6.07) is 14.0. The molecule has 2 aromatic carbocycles. The van der Waals surface area contributed by atoms with Crippen molar-refractivity contribution >= 4 is 28.4 Å². The molecule has 0 saturated heterocycles. The lowest BCUT2D eigenvalue weighted by molar-refractivity contribution is -0.134. The van der Waals surface area contributed by atoms with E-state index in [0.717, 1.165) is 25.7 Å². The molecule has 0 bridgehead atoms. The van der Waals surface area contributed by atoms with Gasteiger partial charge in [0.1, 0.15) is 5.82 Å². The first kappa shape index (κ1) is 25.9. The molecule has 1 atom stereocenters. The van der Waals surface area contributed by atoms with Crippen molar-refractivity contribution in [3.05, 3.63) is 69.7 Å². The van der Waals surface area contributed by atoms with Gasteiger partial charge in [0.2, 0.25) is 5.91 Å². The third kappa shape index (κ3) is 6.24. The first-order chi connectivity index (χ1) is 16.5. The lowest BCUT2D eigenvalue weighted by Gasteiger charge is -2.31. The van der Waals surface area contributed by atoms with Crippen molar-refractivity contribution in [1.82, 2.24) is 14.5 Å². The molecule has 1 aromatic heterocycles. The van der Waals surface area contributed by atoms with Crippen molar-refractivity contribution in [2.45, 2.75) is 58.4 Å². The molecule has 0 fully saturated rings. The Labute approximate surface area is 206 Å². The molecule has 6 nitrogen and oxygen atoms in total. The van der Waals surface area contributed by atoms with Gasteiger partial charge < -0.3 is 9.64 Å². The van der Waals surface area contributed by atoms with E-state index in [0.29, 0.717) is 53.4 Å². The Morgan fingerprint density at radius 3 is 2.53 bits per heavy atom. The molecule has 34 heavy (non-hydrogen) atoms. The summed E-state index contributed by atoms with van der Waals surface area (Å²) in [4.78, 5) is 33.6. The second-order valence-electron chi connectivity index (χ2n) is 8.52. The normalized spacial score (nSPS) is 12.1. The van der Waals surface area contributed by atoms with Gasteiger partial charge in [0.15, 0.2) is 0 Å². The number of nitrogens with zero attached hydrogens (tertiary/aromatic N) is 3. The number of ether oxygens (including phenoxy) is 1. The first-order valence-corrected chi connectivity index (χ1v) is 12.4. The second-order valence-corrected chi connectivity index (χ2v) is 8.96. The molecule has 182 valence electrons. The minimum absolute atomic E-state index is 0.0739. The van der Waals surface area contributed by atoms with E-state index in [-0.39, 0.29) is 11.5 Å². The number of carbonyl (C=O) groups is 1. The highest BCUT2D eigenvalue weighted by molar-refractivity contribution is 6.30. The van der Waals surface area contributed by atoms with E-state index in [1.54, 1.807) is 42.0 Å². The standard InChI is InChI=1S/C27H34ClN3O3/c1-4-5-6-7-13-25(32)30(18-10-19-34-3)20(2)26-29-24-12-9-8-11-23(24)27(33)31(26)22-16-14-21(28)15-17-22/h8-9,11-12,14-17,20H,4-7,10,13,18-19H2,1-3H3. The van der Waals surface area contributed by atoms with Crippen LogP contribution in [0.25, 0.3) is 16.6 Å². The molecule has 1 unspecified atom stereocenters. The van der Waals surface area contributed by atoms with Gasteiger partial charge in [-0.05, 0) is 56.2 Å². The zero-order valence-corrected chi connectivity index (χ0v) is 21.1. The van der Waals surface area contributed by atoms with Crippen LogP contribution in [0.4, 0.5) is 0 Å². The lowest BCUT2D eigenvalue weighted by atomic mass is 10.1. The van der Waals surface area contributed by atoms with Crippen molar-refractivity contribution < 1.29 is 9.53 Å². The van der Waals surface area contributed by atoms with Crippen LogP contribution >= 0.6 is 11.6 Å². The Kier molecular flexibility index (Phi) is 9.66. The van der Waals surface area contributed by atoms with Gasteiger partial charge in [-0.3, -0.25) is 14.2 Å². The van der Waals surface area contributed by atoms with Crippen molar-refractivity contribution in [3.8, 4) is 5.69 Å². The molecule has 1 heterocycles. The van der Waals surface area contributed by atoms with E-state index in [4.69, 9.17) is 21.3 Å². The van der Waals surface area contributed by atoms with Gasteiger partial charge in [0, 0.05) is 31.7 Å². The third-order valence-corrected chi connectivity index (χ3v) is 6.29. The Morgan fingerprint density at radius 1 is 1.09 bits per heavy atom.